The number of ketones is 1. The second-order valence-corrected chi connectivity index (χ2v) is 5.86. The first-order chi connectivity index (χ1) is 11.6. The molecule has 6 nitrogen and oxygen atoms in total. The molecule has 0 aromatic heterocycles. The molecule has 0 saturated carbocycles. The third-order valence-corrected chi connectivity index (χ3v) is 3.91. The first kappa shape index (κ1) is 23.0. The van der Waals surface area contributed by atoms with Gasteiger partial charge in [0, 0.05) is 19.4 Å². The van der Waals surface area contributed by atoms with Crippen LogP contribution < -0.4 is 5.32 Å². The quantitative estimate of drug-likeness (QED) is 0.580. The van der Waals surface area contributed by atoms with Gasteiger partial charge in [-0.2, -0.15) is 0 Å². The van der Waals surface area contributed by atoms with Gasteiger partial charge >= 0.3 is 0 Å². The number of Topliss-reactive ketones (excluding diaryl/α,β-unsaturated/α-hetero) is 1. The number of hydrogen-bond donors (Lipinski definition) is 1. The highest BCUT2D eigenvalue weighted by atomic mass is 16.5. The van der Waals surface area contributed by atoms with Crippen LogP contribution in [0.4, 0.5) is 0 Å². The third-order valence-electron chi connectivity index (χ3n) is 3.91. The van der Waals surface area contributed by atoms with Crippen molar-refractivity contribution < 1.29 is 19.1 Å². The fourth-order valence-corrected chi connectivity index (χ4v) is 2.37. The van der Waals surface area contributed by atoms with Gasteiger partial charge in [-0.25, -0.2) is 0 Å². The lowest BCUT2D eigenvalue weighted by molar-refractivity contribution is -0.124. The van der Waals surface area contributed by atoms with Gasteiger partial charge in [0.2, 0.25) is 5.91 Å². The van der Waals surface area contributed by atoms with Crippen LogP contribution in [0.2, 0.25) is 0 Å². The average molecular weight is 344 g/mol. The fourth-order valence-electron chi connectivity index (χ4n) is 2.37. The molecule has 6 heteroatoms. The SMILES string of the molecule is CC.CCC(=O)COCCOCCNC(=O)CC1CCN(C)CC1. The molecule has 0 aliphatic carbocycles. The summed E-state index contributed by atoms with van der Waals surface area (Å²) < 4.78 is 10.5. The summed E-state index contributed by atoms with van der Waals surface area (Å²) in [4.78, 5) is 25.1. The van der Waals surface area contributed by atoms with Gasteiger partial charge in [0.1, 0.15) is 6.61 Å². The van der Waals surface area contributed by atoms with E-state index in [0.29, 0.717) is 45.1 Å². The van der Waals surface area contributed by atoms with Crippen LogP contribution in [0, 0.1) is 5.92 Å². The molecule has 0 unspecified atom stereocenters. The molecule has 1 amide bonds. The van der Waals surface area contributed by atoms with Crippen molar-refractivity contribution in [1.29, 1.82) is 0 Å². The zero-order valence-electron chi connectivity index (χ0n) is 15.9. The number of carbonyl (C=O) groups excluding carboxylic acids is 2. The number of nitrogens with one attached hydrogen (secondary N) is 1. The summed E-state index contributed by atoms with van der Waals surface area (Å²) in [5, 5.41) is 2.89. The Bertz CT molecular complexity index is 329. The van der Waals surface area contributed by atoms with Crippen LogP contribution in [0.5, 0.6) is 0 Å². The molecule has 1 rings (SSSR count). The van der Waals surface area contributed by atoms with Crippen LogP contribution in [0.25, 0.3) is 0 Å². The lowest BCUT2D eigenvalue weighted by Crippen LogP contribution is -2.34. The van der Waals surface area contributed by atoms with Gasteiger partial charge in [0.05, 0.1) is 19.8 Å². The highest BCUT2D eigenvalue weighted by molar-refractivity contribution is 5.79. The summed E-state index contributed by atoms with van der Waals surface area (Å²) in [6, 6.07) is 0. The molecule has 1 heterocycles. The van der Waals surface area contributed by atoms with Gasteiger partial charge in [-0.3, -0.25) is 9.59 Å². The van der Waals surface area contributed by atoms with E-state index in [1.165, 1.54) is 0 Å². The molecular weight excluding hydrogens is 308 g/mol. The predicted molar refractivity (Wildman–Crippen MR) is 96.1 cm³/mol. The Morgan fingerprint density at radius 3 is 2.33 bits per heavy atom. The van der Waals surface area contributed by atoms with E-state index in [4.69, 9.17) is 9.47 Å². The first-order valence-corrected chi connectivity index (χ1v) is 9.24. The van der Waals surface area contributed by atoms with Crippen LogP contribution in [0.1, 0.15) is 46.5 Å². The van der Waals surface area contributed by atoms with Crippen molar-refractivity contribution in [2.75, 3.05) is 53.1 Å². The summed E-state index contributed by atoms with van der Waals surface area (Å²) in [6.45, 7) is 10.0. The van der Waals surface area contributed by atoms with Gasteiger partial charge in [-0.1, -0.05) is 20.8 Å². The minimum Gasteiger partial charge on any atom is -0.377 e. The molecule has 1 aliphatic heterocycles. The number of hydrogen-bond acceptors (Lipinski definition) is 5. The lowest BCUT2D eigenvalue weighted by atomic mass is 9.93. The van der Waals surface area contributed by atoms with Gasteiger partial charge in [-0.05, 0) is 38.9 Å². The molecule has 1 aliphatic rings. The van der Waals surface area contributed by atoms with E-state index in [9.17, 15) is 9.59 Å². The number of ether oxygens (including phenoxy) is 2. The van der Waals surface area contributed by atoms with Crippen molar-refractivity contribution in [2.45, 2.75) is 46.5 Å². The third kappa shape index (κ3) is 12.4. The number of piperidine rings is 1. The van der Waals surface area contributed by atoms with Crippen molar-refractivity contribution in [3.63, 3.8) is 0 Å². The average Bonchev–Trinajstić information content (AvgIpc) is 2.60. The molecule has 1 N–H and O–H groups in total. The molecule has 1 fully saturated rings. The predicted octanol–water partition coefficient (Wildman–Crippen LogP) is 1.87. The maximum absolute atomic E-state index is 11.8. The van der Waals surface area contributed by atoms with Crippen LogP contribution >= 0.6 is 0 Å². The van der Waals surface area contributed by atoms with Gasteiger partial charge < -0.3 is 19.7 Å². The number of amides is 1. The van der Waals surface area contributed by atoms with Gasteiger partial charge in [0.15, 0.2) is 5.78 Å². The summed E-state index contributed by atoms with van der Waals surface area (Å²) in [5.74, 6) is 0.728. The largest absolute Gasteiger partial charge is 0.377 e. The minimum absolute atomic E-state index is 0.0983. The van der Waals surface area contributed by atoms with Crippen molar-refractivity contribution in [3.8, 4) is 0 Å². The van der Waals surface area contributed by atoms with Gasteiger partial charge in [-0.15, -0.1) is 0 Å². The number of likely N-dealkylation sites (tertiary alicyclic amines) is 1. The molecule has 1 saturated heterocycles. The van der Waals surface area contributed by atoms with E-state index < -0.39 is 0 Å². The van der Waals surface area contributed by atoms with Crippen molar-refractivity contribution in [1.82, 2.24) is 10.2 Å². The van der Waals surface area contributed by atoms with Crippen LogP contribution in [0.15, 0.2) is 0 Å². The topological polar surface area (TPSA) is 67.9 Å². The first-order valence-electron chi connectivity index (χ1n) is 9.24. The Hall–Kier alpha value is -0.980. The smallest absolute Gasteiger partial charge is 0.220 e. The van der Waals surface area contributed by atoms with Crippen LogP contribution in [0.3, 0.4) is 0 Å². The van der Waals surface area contributed by atoms with Crippen LogP contribution in [-0.2, 0) is 19.1 Å². The monoisotopic (exact) mass is 344 g/mol. The van der Waals surface area contributed by atoms with E-state index in [2.05, 4.69) is 17.3 Å². The molecule has 0 spiro atoms. The van der Waals surface area contributed by atoms with E-state index >= 15 is 0 Å². The Morgan fingerprint density at radius 2 is 1.71 bits per heavy atom. The molecule has 24 heavy (non-hydrogen) atoms. The number of rotatable bonds is 11. The van der Waals surface area contributed by atoms with E-state index in [-0.39, 0.29) is 18.3 Å². The second kappa shape index (κ2) is 15.5. The molecule has 0 aromatic carbocycles. The highest BCUT2D eigenvalue weighted by Gasteiger charge is 2.19. The fraction of sp³-hybridized carbons (Fsp3) is 0.889. The highest BCUT2D eigenvalue weighted by Crippen LogP contribution is 2.18. The number of carbonyl (C=O) groups is 2. The maximum Gasteiger partial charge on any atom is 0.220 e. The maximum atomic E-state index is 11.8. The Morgan fingerprint density at radius 1 is 1.08 bits per heavy atom. The molecule has 0 aromatic rings. The molecule has 142 valence electrons. The number of nitrogens with zero attached hydrogens (tertiary/aromatic N) is 1. The second-order valence-electron chi connectivity index (χ2n) is 5.86. The summed E-state index contributed by atoms with van der Waals surface area (Å²) in [7, 11) is 2.12. The zero-order chi connectivity index (χ0) is 18.2. The Labute approximate surface area is 147 Å². The van der Waals surface area contributed by atoms with Gasteiger partial charge in [0.25, 0.3) is 0 Å². The van der Waals surface area contributed by atoms with E-state index in [0.717, 1.165) is 25.9 Å². The molecular formula is C18H36N2O4. The minimum atomic E-state index is 0.0983. The Kier molecular flexibility index (Phi) is 14.9. The van der Waals surface area contributed by atoms with Crippen molar-refractivity contribution >= 4 is 11.7 Å². The summed E-state index contributed by atoms with van der Waals surface area (Å²) in [6.07, 6.45) is 3.34. The van der Waals surface area contributed by atoms with E-state index in [1.807, 2.05) is 20.8 Å². The van der Waals surface area contributed by atoms with Crippen molar-refractivity contribution in [3.05, 3.63) is 0 Å². The molecule has 0 bridgehead atoms. The standard InChI is InChI=1S/C16H30N2O4.C2H6/c1-3-15(19)13-22-11-10-21-9-6-17-16(20)12-14-4-7-18(2)8-5-14;1-2/h14H,3-13H2,1-2H3,(H,17,20);1-2H3. The lowest BCUT2D eigenvalue weighted by Gasteiger charge is -2.28. The molecule has 0 radical (unpaired) electrons. The normalized spacial score (nSPS) is 15.5. The molecule has 0 atom stereocenters. The summed E-state index contributed by atoms with van der Waals surface area (Å²) >= 11 is 0. The van der Waals surface area contributed by atoms with Crippen LogP contribution in [-0.4, -0.2) is 69.7 Å². The summed E-state index contributed by atoms with van der Waals surface area (Å²) in [5.41, 5.74) is 0. The zero-order valence-corrected chi connectivity index (χ0v) is 15.9. The Balaban J connectivity index is 0.00000254. The van der Waals surface area contributed by atoms with E-state index in [1.54, 1.807) is 0 Å². The van der Waals surface area contributed by atoms with Crippen molar-refractivity contribution in [2.24, 2.45) is 5.92 Å².